The van der Waals surface area contributed by atoms with Crippen molar-refractivity contribution in [3.8, 4) is 0 Å². The van der Waals surface area contributed by atoms with Gasteiger partial charge in [0, 0.05) is 38.8 Å². The fourth-order valence-electron chi connectivity index (χ4n) is 3.03. The molecule has 166 valence electrons. The van der Waals surface area contributed by atoms with E-state index in [9.17, 15) is 21.6 Å². The van der Waals surface area contributed by atoms with Crippen LogP contribution in [0.4, 0.5) is 13.2 Å². The summed E-state index contributed by atoms with van der Waals surface area (Å²) >= 11 is 0. The van der Waals surface area contributed by atoms with Gasteiger partial charge in [0.05, 0.1) is 6.10 Å². The smallest absolute Gasteiger partial charge is 0.378 e. The van der Waals surface area contributed by atoms with Gasteiger partial charge in [-0.3, -0.25) is 4.99 Å². The van der Waals surface area contributed by atoms with Crippen LogP contribution in [0.5, 0.6) is 0 Å². The van der Waals surface area contributed by atoms with E-state index in [1.807, 2.05) is 13.8 Å². The number of rotatable bonds is 9. The van der Waals surface area contributed by atoms with Crippen molar-refractivity contribution < 1.29 is 26.3 Å². The molecule has 1 heterocycles. The Kier molecular flexibility index (Phi) is 9.99. The molecule has 7 nitrogen and oxygen atoms in total. The Hall–Kier alpha value is -1.07. The molecule has 11 heteroatoms. The van der Waals surface area contributed by atoms with Gasteiger partial charge >= 0.3 is 15.5 Å². The Morgan fingerprint density at radius 2 is 1.86 bits per heavy atom. The van der Waals surface area contributed by atoms with Crippen LogP contribution in [0.1, 0.15) is 47.0 Å². The number of hydrogen-bond donors (Lipinski definition) is 2. The van der Waals surface area contributed by atoms with Crippen LogP contribution in [0.15, 0.2) is 4.99 Å². The van der Waals surface area contributed by atoms with Crippen LogP contribution in [0, 0.1) is 5.92 Å². The summed E-state index contributed by atoms with van der Waals surface area (Å²) in [6, 6.07) is -0.134. The molecule has 1 aliphatic heterocycles. The zero-order chi connectivity index (χ0) is 21.4. The molecule has 0 aromatic rings. The molecular weight excluding hydrogens is 397 g/mol. The highest BCUT2D eigenvalue weighted by atomic mass is 32.2. The van der Waals surface area contributed by atoms with Gasteiger partial charge in [-0.2, -0.15) is 17.5 Å². The highest BCUT2D eigenvalue weighted by molar-refractivity contribution is 7.90. The third kappa shape index (κ3) is 7.40. The number of nitrogens with zero attached hydrogens (tertiary/aromatic N) is 2. The van der Waals surface area contributed by atoms with Gasteiger partial charge in [0.2, 0.25) is 0 Å². The van der Waals surface area contributed by atoms with E-state index in [0.717, 1.165) is 6.42 Å². The average molecular weight is 431 g/mol. The number of hydrogen-bond acceptors (Lipinski definition) is 4. The van der Waals surface area contributed by atoms with Crippen molar-refractivity contribution in [2.45, 2.75) is 64.6 Å². The van der Waals surface area contributed by atoms with Gasteiger partial charge in [-0.1, -0.05) is 13.8 Å². The number of halogens is 3. The minimum atomic E-state index is -5.25. The standard InChI is InChI=1S/C17H33F3N4O3S/c1-5-21-16(22-10-7-15(13(3)4)27-6-2)23-14-8-11-24(12-9-14)28(25,26)17(18,19)20/h13-15H,5-12H2,1-4H3,(H2,21,22,23). The van der Waals surface area contributed by atoms with E-state index in [1.54, 1.807) is 0 Å². The van der Waals surface area contributed by atoms with E-state index in [4.69, 9.17) is 4.74 Å². The second kappa shape index (κ2) is 11.2. The van der Waals surface area contributed by atoms with Crippen LogP contribution in [-0.4, -0.2) is 69.1 Å². The van der Waals surface area contributed by atoms with Gasteiger partial charge in [-0.05, 0) is 39.0 Å². The molecule has 0 radical (unpaired) electrons. The number of sulfonamides is 1. The van der Waals surface area contributed by atoms with Crippen molar-refractivity contribution in [1.82, 2.24) is 14.9 Å². The van der Waals surface area contributed by atoms with Crippen LogP contribution < -0.4 is 10.6 Å². The normalized spacial score (nSPS) is 19.1. The number of ether oxygens (including phenoxy) is 1. The second-order valence-electron chi connectivity index (χ2n) is 7.06. The van der Waals surface area contributed by atoms with Crippen molar-refractivity contribution in [3.05, 3.63) is 0 Å². The molecule has 0 aromatic carbocycles. The minimum Gasteiger partial charge on any atom is -0.378 e. The Morgan fingerprint density at radius 3 is 2.32 bits per heavy atom. The molecule has 0 bridgehead atoms. The summed E-state index contributed by atoms with van der Waals surface area (Å²) in [4.78, 5) is 4.52. The van der Waals surface area contributed by atoms with Gasteiger partial charge in [-0.25, -0.2) is 8.42 Å². The summed E-state index contributed by atoms with van der Waals surface area (Å²) in [6.07, 6.45) is 1.46. The van der Waals surface area contributed by atoms with Crippen molar-refractivity contribution in [1.29, 1.82) is 0 Å². The molecule has 1 unspecified atom stereocenters. The molecule has 28 heavy (non-hydrogen) atoms. The van der Waals surface area contributed by atoms with Gasteiger partial charge in [0.15, 0.2) is 5.96 Å². The summed E-state index contributed by atoms with van der Waals surface area (Å²) in [7, 11) is -5.25. The summed E-state index contributed by atoms with van der Waals surface area (Å²) in [5, 5.41) is 6.31. The predicted octanol–water partition coefficient (Wildman–Crippen LogP) is 2.31. The zero-order valence-corrected chi connectivity index (χ0v) is 17.9. The topological polar surface area (TPSA) is 83.0 Å². The lowest BCUT2D eigenvalue weighted by molar-refractivity contribution is -0.0494. The molecule has 0 aromatic heterocycles. The summed E-state index contributed by atoms with van der Waals surface area (Å²) in [5.74, 6) is 0.962. The first kappa shape index (κ1) is 25.0. The van der Waals surface area contributed by atoms with Crippen LogP contribution in [-0.2, 0) is 14.8 Å². The van der Waals surface area contributed by atoms with Gasteiger partial charge in [0.25, 0.3) is 0 Å². The fraction of sp³-hybridized carbons (Fsp3) is 0.941. The molecule has 0 spiro atoms. The van der Waals surface area contributed by atoms with Crippen molar-refractivity contribution in [3.63, 3.8) is 0 Å². The van der Waals surface area contributed by atoms with Gasteiger partial charge in [0.1, 0.15) is 0 Å². The first-order chi connectivity index (χ1) is 13.0. The number of alkyl halides is 3. The molecule has 1 atom stereocenters. The highest BCUT2D eigenvalue weighted by Gasteiger charge is 2.50. The van der Waals surface area contributed by atoms with Gasteiger partial charge in [-0.15, -0.1) is 0 Å². The lowest BCUT2D eigenvalue weighted by Gasteiger charge is -2.32. The Balaban J connectivity index is 2.59. The summed E-state index contributed by atoms with van der Waals surface area (Å²) in [5.41, 5.74) is -5.25. The molecule has 2 N–H and O–H groups in total. The maximum atomic E-state index is 12.7. The SMILES string of the molecule is CCNC(=NCCC(OCC)C(C)C)NC1CCN(S(=O)(=O)C(F)(F)F)CC1. The molecule has 0 aliphatic carbocycles. The first-order valence-corrected chi connectivity index (χ1v) is 11.2. The number of piperidine rings is 1. The van der Waals surface area contributed by atoms with Crippen molar-refractivity contribution in [2.24, 2.45) is 10.9 Å². The Labute approximate surface area is 166 Å². The maximum absolute atomic E-state index is 12.7. The molecule has 1 saturated heterocycles. The number of guanidine groups is 1. The molecule has 1 rings (SSSR count). The molecular formula is C17H33F3N4O3S. The molecule has 1 aliphatic rings. The third-order valence-corrected chi connectivity index (χ3v) is 6.21. The Morgan fingerprint density at radius 1 is 1.25 bits per heavy atom. The van der Waals surface area contributed by atoms with E-state index in [2.05, 4.69) is 29.5 Å². The monoisotopic (exact) mass is 430 g/mol. The van der Waals surface area contributed by atoms with E-state index in [-0.39, 0.29) is 38.1 Å². The maximum Gasteiger partial charge on any atom is 0.511 e. The largest absolute Gasteiger partial charge is 0.511 e. The summed E-state index contributed by atoms with van der Waals surface area (Å²) < 4.78 is 67.1. The summed E-state index contributed by atoms with van der Waals surface area (Å²) in [6.45, 7) is 9.57. The number of nitrogens with one attached hydrogen (secondary N) is 2. The Bertz CT molecular complexity index is 589. The fourth-order valence-corrected chi connectivity index (χ4v) is 4.01. The predicted molar refractivity (Wildman–Crippen MR) is 104 cm³/mol. The van der Waals surface area contributed by atoms with Crippen LogP contribution >= 0.6 is 0 Å². The second-order valence-corrected chi connectivity index (χ2v) is 8.99. The van der Waals surface area contributed by atoms with E-state index in [0.29, 0.717) is 35.9 Å². The van der Waals surface area contributed by atoms with Crippen molar-refractivity contribution >= 4 is 16.0 Å². The lowest BCUT2D eigenvalue weighted by atomic mass is 10.0. The van der Waals surface area contributed by atoms with E-state index in [1.165, 1.54) is 0 Å². The average Bonchev–Trinajstić information content (AvgIpc) is 2.60. The molecule has 1 fully saturated rings. The van der Waals surface area contributed by atoms with Gasteiger partial charge < -0.3 is 15.4 Å². The number of aliphatic imine (C=N–C) groups is 1. The van der Waals surface area contributed by atoms with Crippen LogP contribution in [0.25, 0.3) is 0 Å². The molecule has 0 saturated carbocycles. The lowest BCUT2D eigenvalue weighted by Crippen LogP contribution is -2.51. The first-order valence-electron chi connectivity index (χ1n) is 9.75. The van der Waals surface area contributed by atoms with E-state index >= 15 is 0 Å². The van der Waals surface area contributed by atoms with Crippen molar-refractivity contribution in [2.75, 3.05) is 32.8 Å². The van der Waals surface area contributed by atoms with Crippen LogP contribution in [0.2, 0.25) is 0 Å². The van der Waals surface area contributed by atoms with Crippen LogP contribution in [0.3, 0.4) is 0 Å². The third-order valence-electron chi connectivity index (χ3n) is 4.58. The zero-order valence-electron chi connectivity index (χ0n) is 17.1. The van der Waals surface area contributed by atoms with E-state index < -0.39 is 15.5 Å². The molecule has 0 amide bonds. The minimum absolute atomic E-state index is 0.118. The highest BCUT2D eigenvalue weighted by Crippen LogP contribution is 2.28. The quantitative estimate of drug-likeness (QED) is 0.433.